The van der Waals surface area contributed by atoms with Gasteiger partial charge in [0.05, 0.1) is 7.11 Å². The molecule has 0 aliphatic heterocycles. The fraction of sp³-hybridized carbons (Fsp3) is 0.571. The Hall–Kier alpha value is -1.17. The standard InChI is InChI=1S/C7H9N3O2S/c1-12-7(11)8-6-10-9-5(13-6)4-2-3-4/h4H,2-3H2,1H3,(H,8,10,11). The Bertz CT molecular complexity index is 321. The monoisotopic (exact) mass is 199 g/mol. The molecule has 0 bridgehead atoms. The van der Waals surface area contributed by atoms with Gasteiger partial charge in [0.2, 0.25) is 5.13 Å². The van der Waals surface area contributed by atoms with Crippen LogP contribution in [-0.2, 0) is 4.74 Å². The lowest BCUT2D eigenvalue weighted by molar-refractivity contribution is 0.187. The highest BCUT2D eigenvalue weighted by molar-refractivity contribution is 7.15. The van der Waals surface area contributed by atoms with Crippen molar-refractivity contribution < 1.29 is 9.53 Å². The van der Waals surface area contributed by atoms with E-state index in [1.165, 1.54) is 31.3 Å². The molecule has 1 fully saturated rings. The molecule has 1 aliphatic rings. The summed E-state index contributed by atoms with van der Waals surface area (Å²) in [6.07, 6.45) is 1.87. The van der Waals surface area contributed by atoms with Crippen LogP contribution in [0.1, 0.15) is 23.8 Å². The van der Waals surface area contributed by atoms with Crippen LogP contribution in [0.3, 0.4) is 0 Å². The second-order valence-electron chi connectivity index (χ2n) is 2.84. The SMILES string of the molecule is COC(=O)Nc1nnc(C2CC2)s1. The van der Waals surface area contributed by atoms with E-state index in [1.54, 1.807) is 0 Å². The Morgan fingerprint density at radius 3 is 3.00 bits per heavy atom. The molecule has 0 radical (unpaired) electrons. The summed E-state index contributed by atoms with van der Waals surface area (Å²) in [7, 11) is 1.32. The van der Waals surface area contributed by atoms with Crippen molar-refractivity contribution in [1.82, 2.24) is 10.2 Å². The van der Waals surface area contributed by atoms with E-state index in [1.807, 2.05) is 0 Å². The van der Waals surface area contributed by atoms with Gasteiger partial charge in [-0.15, -0.1) is 10.2 Å². The lowest BCUT2D eigenvalue weighted by Crippen LogP contribution is -2.10. The summed E-state index contributed by atoms with van der Waals surface area (Å²) in [4.78, 5) is 10.8. The van der Waals surface area contributed by atoms with Gasteiger partial charge >= 0.3 is 6.09 Å². The molecule has 1 saturated carbocycles. The number of carbonyl (C=O) groups excluding carboxylic acids is 1. The minimum absolute atomic E-state index is 0.501. The third kappa shape index (κ3) is 1.95. The number of rotatable bonds is 2. The second-order valence-corrected chi connectivity index (χ2v) is 3.85. The minimum atomic E-state index is -0.501. The molecular weight excluding hydrogens is 190 g/mol. The van der Waals surface area contributed by atoms with Gasteiger partial charge < -0.3 is 4.74 Å². The van der Waals surface area contributed by atoms with Gasteiger partial charge in [-0.1, -0.05) is 11.3 Å². The molecule has 1 aliphatic carbocycles. The van der Waals surface area contributed by atoms with Crippen LogP contribution in [0.15, 0.2) is 0 Å². The van der Waals surface area contributed by atoms with Crippen molar-refractivity contribution in [3.05, 3.63) is 5.01 Å². The van der Waals surface area contributed by atoms with Crippen LogP contribution in [0.4, 0.5) is 9.93 Å². The number of hydrogen-bond donors (Lipinski definition) is 1. The van der Waals surface area contributed by atoms with Crippen LogP contribution in [0.5, 0.6) is 0 Å². The average Bonchev–Trinajstić information content (AvgIpc) is 2.88. The van der Waals surface area contributed by atoms with Crippen molar-refractivity contribution in [2.75, 3.05) is 12.4 Å². The molecule has 6 heteroatoms. The number of methoxy groups -OCH3 is 1. The highest BCUT2D eigenvalue weighted by atomic mass is 32.1. The van der Waals surface area contributed by atoms with Crippen molar-refractivity contribution in [2.24, 2.45) is 0 Å². The van der Waals surface area contributed by atoms with Crippen molar-refractivity contribution in [3.63, 3.8) is 0 Å². The van der Waals surface area contributed by atoms with Crippen LogP contribution in [0.2, 0.25) is 0 Å². The molecule has 0 atom stereocenters. The molecule has 0 aromatic carbocycles. The summed E-state index contributed by atoms with van der Waals surface area (Å²) in [5.41, 5.74) is 0. The number of carbonyl (C=O) groups is 1. The Morgan fingerprint density at radius 2 is 2.38 bits per heavy atom. The molecule has 1 heterocycles. The van der Waals surface area contributed by atoms with Crippen LogP contribution in [-0.4, -0.2) is 23.4 Å². The van der Waals surface area contributed by atoms with Crippen molar-refractivity contribution in [1.29, 1.82) is 0 Å². The third-order valence-corrected chi connectivity index (χ3v) is 2.76. The van der Waals surface area contributed by atoms with E-state index >= 15 is 0 Å². The first-order valence-electron chi connectivity index (χ1n) is 3.98. The zero-order valence-electron chi connectivity index (χ0n) is 7.11. The summed E-state index contributed by atoms with van der Waals surface area (Å²) >= 11 is 1.41. The van der Waals surface area contributed by atoms with Crippen LogP contribution in [0.25, 0.3) is 0 Å². The highest BCUT2D eigenvalue weighted by Crippen LogP contribution is 2.41. The van der Waals surface area contributed by atoms with Gasteiger partial charge in [-0.3, -0.25) is 5.32 Å². The molecule has 1 aromatic rings. The van der Waals surface area contributed by atoms with Crippen LogP contribution in [0, 0.1) is 0 Å². The van der Waals surface area contributed by atoms with E-state index in [0.717, 1.165) is 5.01 Å². The molecule has 1 N–H and O–H groups in total. The van der Waals surface area contributed by atoms with Gasteiger partial charge in [0.15, 0.2) is 0 Å². The highest BCUT2D eigenvalue weighted by Gasteiger charge is 2.27. The number of aromatic nitrogens is 2. The molecular formula is C7H9N3O2S. The number of nitrogens with zero attached hydrogens (tertiary/aromatic N) is 2. The number of ether oxygens (including phenoxy) is 1. The summed E-state index contributed by atoms with van der Waals surface area (Å²) in [5, 5.41) is 11.8. The largest absolute Gasteiger partial charge is 0.453 e. The number of nitrogens with one attached hydrogen (secondary N) is 1. The van der Waals surface area contributed by atoms with Crippen molar-refractivity contribution >= 4 is 22.6 Å². The normalized spacial score (nSPS) is 15.5. The second kappa shape index (κ2) is 3.29. The zero-order valence-corrected chi connectivity index (χ0v) is 7.93. The first kappa shape index (κ1) is 8.43. The number of amides is 1. The quantitative estimate of drug-likeness (QED) is 0.785. The van der Waals surface area contributed by atoms with Crippen molar-refractivity contribution in [2.45, 2.75) is 18.8 Å². The Balaban J connectivity index is 2.00. The summed E-state index contributed by atoms with van der Waals surface area (Å²) in [6, 6.07) is 0. The maximum atomic E-state index is 10.8. The molecule has 2 rings (SSSR count). The third-order valence-electron chi connectivity index (χ3n) is 1.76. The summed E-state index contributed by atoms with van der Waals surface area (Å²) in [5.74, 6) is 0.575. The maximum Gasteiger partial charge on any atom is 0.413 e. The lowest BCUT2D eigenvalue weighted by Gasteiger charge is -1.95. The Kier molecular flexibility index (Phi) is 2.13. The van der Waals surface area contributed by atoms with Crippen molar-refractivity contribution in [3.8, 4) is 0 Å². The number of hydrogen-bond acceptors (Lipinski definition) is 5. The molecule has 0 spiro atoms. The molecule has 0 saturated heterocycles. The maximum absolute atomic E-state index is 10.8. The molecule has 1 amide bonds. The van der Waals surface area contributed by atoms with E-state index in [0.29, 0.717) is 11.0 Å². The first-order valence-corrected chi connectivity index (χ1v) is 4.79. The molecule has 70 valence electrons. The zero-order chi connectivity index (χ0) is 9.26. The van der Waals surface area contributed by atoms with Gasteiger partial charge in [-0.2, -0.15) is 0 Å². The fourth-order valence-corrected chi connectivity index (χ4v) is 1.82. The first-order chi connectivity index (χ1) is 6.29. The fourth-order valence-electron chi connectivity index (χ4n) is 0.919. The summed E-state index contributed by atoms with van der Waals surface area (Å²) < 4.78 is 4.43. The minimum Gasteiger partial charge on any atom is -0.453 e. The van der Waals surface area contributed by atoms with E-state index < -0.39 is 6.09 Å². The summed E-state index contributed by atoms with van der Waals surface area (Å²) in [6.45, 7) is 0. The smallest absolute Gasteiger partial charge is 0.413 e. The topological polar surface area (TPSA) is 64.1 Å². The Labute approximate surface area is 79.1 Å². The van der Waals surface area contributed by atoms with Gasteiger partial charge in [-0.05, 0) is 12.8 Å². The predicted octanol–water partition coefficient (Wildman–Crippen LogP) is 1.59. The molecule has 13 heavy (non-hydrogen) atoms. The van der Waals surface area contributed by atoms with E-state index in [2.05, 4.69) is 20.3 Å². The average molecular weight is 199 g/mol. The van der Waals surface area contributed by atoms with Crippen LogP contribution >= 0.6 is 11.3 Å². The van der Waals surface area contributed by atoms with Gasteiger partial charge in [0.25, 0.3) is 0 Å². The number of anilines is 1. The van der Waals surface area contributed by atoms with Gasteiger partial charge in [0, 0.05) is 5.92 Å². The van der Waals surface area contributed by atoms with E-state index in [4.69, 9.17) is 0 Å². The van der Waals surface area contributed by atoms with E-state index in [-0.39, 0.29) is 0 Å². The predicted molar refractivity (Wildman–Crippen MR) is 47.9 cm³/mol. The lowest BCUT2D eigenvalue weighted by atomic mass is 10.5. The van der Waals surface area contributed by atoms with E-state index in [9.17, 15) is 4.79 Å². The van der Waals surface area contributed by atoms with Gasteiger partial charge in [-0.25, -0.2) is 4.79 Å². The molecule has 1 aromatic heterocycles. The molecule has 5 nitrogen and oxygen atoms in total. The van der Waals surface area contributed by atoms with Gasteiger partial charge in [0.1, 0.15) is 5.01 Å². The Morgan fingerprint density at radius 1 is 1.62 bits per heavy atom. The van der Waals surface area contributed by atoms with Crippen LogP contribution < -0.4 is 5.32 Å². The molecule has 0 unspecified atom stereocenters.